The molecule has 2 saturated heterocycles. The summed E-state index contributed by atoms with van der Waals surface area (Å²) in [6.07, 6.45) is 8.30. The van der Waals surface area contributed by atoms with E-state index in [4.69, 9.17) is 0 Å². The van der Waals surface area contributed by atoms with Crippen LogP contribution in [0.2, 0.25) is 0 Å². The molecule has 19 heavy (non-hydrogen) atoms. The van der Waals surface area contributed by atoms with Crippen LogP contribution in [-0.2, 0) is 6.54 Å². The predicted molar refractivity (Wildman–Crippen MR) is 81.6 cm³/mol. The molecule has 0 aliphatic carbocycles. The van der Waals surface area contributed by atoms with Crippen molar-refractivity contribution in [1.29, 1.82) is 0 Å². The Balaban J connectivity index is 1.64. The molecule has 0 bridgehead atoms. The van der Waals surface area contributed by atoms with Gasteiger partial charge >= 0.3 is 0 Å². The van der Waals surface area contributed by atoms with E-state index in [2.05, 4.69) is 34.1 Å². The van der Waals surface area contributed by atoms with Crippen molar-refractivity contribution in [1.82, 2.24) is 4.90 Å². The molecule has 1 aromatic carbocycles. The van der Waals surface area contributed by atoms with Crippen molar-refractivity contribution in [2.75, 3.05) is 31.1 Å². The molecular weight excluding hydrogens is 232 g/mol. The Labute approximate surface area is 117 Å². The number of hydrogen-bond donors (Lipinski definition) is 0. The molecule has 1 aromatic rings. The third-order valence-corrected chi connectivity index (χ3v) is 4.49. The first kappa shape index (κ1) is 13.0. The molecule has 0 unspecified atom stereocenters. The summed E-state index contributed by atoms with van der Waals surface area (Å²) >= 11 is 0. The molecule has 0 radical (unpaired) electrons. The number of anilines is 1. The molecule has 0 saturated carbocycles. The molecule has 0 amide bonds. The smallest absolute Gasteiger partial charge is 0.0369 e. The second-order valence-corrected chi connectivity index (χ2v) is 6.05. The van der Waals surface area contributed by atoms with Gasteiger partial charge in [-0.15, -0.1) is 0 Å². The summed E-state index contributed by atoms with van der Waals surface area (Å²) in [6, 6.07) is 9.23. The summed E-state index contributed by atoms with van der Waals surface area (Å²) in [6.45, 7) is 6.20. The van der Waals surface area contributed by atoms with E-state index in [1.165, 1.54) is 76.0 Å². The second-order valence-electron chi connectivity index (χ2n) is 6.05. The van der Waals surface area contributed by atoms with E-state index in [-0.39, 0.29) is 0 Å². The molecule has 0 atom stereocenters. The van der Waals surface area contributed by atoms with Crippen LogP contribution in [0.15, 0.2) is 24.3 Å². The molecule has 2 aliphatic rings. The summed E-state index contributed by atoms with van der Waals surface area (Å²) in [7, 11) is 0. The highest BCUT2D eigenvalue weighted by Gasteiger charge is 2.13. The third kappa shape index (κ3) is 3.50. The van der Waals surface area contributed by atoms with Crippen LogP contribution >= 0.6 is 0 Å². The van der Waals surface area contributed by atoms with Crippen LogP contribution in [-0.4, -0.2) is 31.1 Å². The zero-order valence-electron chi connectivity index (χ0n) is 12.0. The highest BCUT2D eigenvalue weighted by Crippen LogP contribution is 2.22. The van der Waals surface area contributed by atoms with Crippen molar-refractivity contribution >= 4 is 5.69 Å². The lowest BCUT2D eigenvalue weighted by Gasteiger charge is -2.30. The number of rotatable bonds is 3. The van der Waals surface area contributed by atoms with E-state index >= 15 is 0 Å². The number of hydrogen-bond acceptors (Lipinski definition) is 2. The number of likely N-dealkylation sites (tertiary alicyclic amines) is 1. The number of nitrogens with zero attached hydrogens (tertiary/aromatic N) is 2. The van der Waals surface area contributed by atoms with Gasteiger partial charge in [-0.2, -0.15) is 0 Å². The van der Waals surface area contributed by atoms with Gasteiger partial charge in [-0.3, -0.25) is 4.90 Å². The maximum Gasteiger partial charge on any atom is 0.0369 e. The normalized spacial score (nSPS) is 21.6. The van der Waals surface area contributed by atoms with Crippen LogP contribution in [0.25, 0.3) is 0 Å². The topological polar surface area (TPSA) is 6.48 Å². The number of benzene rings is 1. The van der Waals surface area contributed by atoms with Crippen LogP contribution < -0.4 is 4.90 Å². The highest BCUT2D eigenvalue weighted by atomic mass is 15.1. The lowest BCUT2D eigenvalue weighted by Crippen LogP contribution is -2.30. The Hall–Kier alpha value is -1.02. The first-order chi connectivity index (χ1) is 9.42. The summed E-state index contributed by atoms with van der Waals surface area (Å²) in [5.74, 6) is 0. The van der Waals surface area contributed by atoms with Gasteiger partial charge in [0.15, 0.2) is 0 Å². The molecule has 104 valence electrons. The quantitative estimate of drug-likeness (QED) is 0.816. The molecule has 2 aliphatic heterocycles. The first-order valence-electron chi connectivity index (χ1n) is 7.98. The third-order valence-electron chi connectivity index (χ3n) is 4.49. The maximum atomic E-state index is 2.61. The van der Waals surface area contributed by atoms with Crippen LogP contribution in [0.3, 0.4) is 0 Å². The molecule has 2 nitrogen and oxygen atoms in total. The van der Waals surface area contributed by atoms with Crippen LogP contribution in [0.5, 0.6) is 0 Å². The highest BCUT2D eigenvalue weighted by molar-refractivity contribution is 5.48. The Kier molecular flexibility index (Phi) is 4.39. The lowest BCUT2D eigenvalue weighted by atomic mass is 10.1. The van der Waals surface area contributed by atoms with Gasteiger partial charge in [0.05, 0.1) is 0 Å². The summed E-state index contributed by atoms with van der Waals surface area (Å²) in [5.41, 5.74) is 2.93. The van der Waals surface area contributed by atoms with E-state index < -0.39 is 0 Å². The van der Waals surface area contributed by atoms with Crippen molar-refractivity contribution < 1.29 is 0 Å². The maximum absolute atomic E-state index is 2.61. The molecule has 0 spiro atoms. The molecule has 2 heterocycles. The minimum atomic E-state index is 1.14. The fourth-order valence-electron chi connectivity index (χ4n) is 3.38. The Morgan fingerprint density at radius 3 is 2.21 bits per heavy atom. The van der Waals surface area contributed by atoms with Crippen molar-refractivity contribution in [2.45, 2.75) is 45.1 Å². The van der Waals surface area contributed by atoms with Gasteiger partial charge in [0.25, 0.3) is 0 Å². The average molecular weight is 258 g/mol. The summed E-state index contributed by atoms with van der Waals surface area (Å²) in [5, 5.41) is 0. The van der Waals surface area contributed by atoms with Gasteiger partial charge in [0.2, 0.25) is 0 Å². The van der Waals surface area contributed by atoms with Crippen LogP contribution in [0.4, 0.5) is 5.69 Å². The van der Waals surface area contributed by atoms with Crippen molar-refractivity contribution in [2.24, 2.45) is 0 Å². The number of piperidine rings is 2. The zero-order valence-corrected chi connectivity index (χ0v) is 12.0. The first-order valence-corrected chi connectivity index (χ1v) is 7.98. The van der Waals surface area contributed by atoms with Crippen molar-refractivity contribution in [3.05, 3.63) is 29.8 Å². The fraction of sp³-hybridized carbons (Fsp3) is 0.647. The summed E-state index contributed by atoms with van der Waals surface area (Å²) < 4.78 is 0. The van der Waals surface area contributed by atoms with E-state index in [1.54, 1.807) is 0 Å². The predicted octanol–water partition coefficient (Wildman–Crippen LogP) is 3.66. The molecule has 2 fully saturated rings. The Bertz CT molecular complexity index is 390. The van der Waals surface area contributed by atoms with Crippen LogP contribution in [0.1, 0.15) is 44.1 Å². The average Bonchev–Trinajstić information content (AvgIpc) is 2.49. The van der Waals surface area contributed by atoms with Gasteiger partial charge in [0.1, 0.15) is 0 Å². The lowest BCUT2D eigenvalue weighted by molar-refractivity contribution is 0.221. The van der Waals surface area contributed by atoms with Crippen molar-refractivity contribution in [3.8, 4) is 0 Å². The molecule has 3 rings (SSSR count). The van der Waals surface area contributed by atoms with E-state index in [0.717, 1.165) is 6.54 Å². The molecule has 2 heteroatoms. The van der Waals surface area contributed by atoms with Gasteiger partial charge in [-0.1, -0.05) is 18.6 Å². The van der Waals surface area contributed by atoms with E-state index in [0.29, 0.717) is 0 Å². The van der Waals surface area contributed by atoms with Gasteiger partial charge in [-0.25, -0.2) is 0 Å². The van der Waals surface area contributed by atoms with E-state index in [9.17, 15) is 0 Å². The SMILES string of the molecule is c1cc(CN2CCCCC2)cc(N2CCCCC2)c1. The standard InChI is InChI=1S/C17H26N2/c1-3-10-18(11-4-1)15-16-8-7-9-17(14-16)19-12-5-2-6-13-19/h7-9,14H,1-6,10-13,15H2. The largest absolute Gasteiger partial charge is 0.372 e. The minimum absolute atomic E-state index is 1.14. The Morgan fingerprint density at radius 1 is 0.789 bits per heavy atom. The van der Waals surface area contributed by atoms with Gasteiger partial charge in [0, 0.05) is 25.3 Å². The van der Waals surface area contributed by atoms with Crippen LogP contribution in [0, 0.1) is 0 Å². The fourth-order valence-corrected chi connectivity index (χ4v) is 3.38. The second kappa shape index (κ2) is 6.42. The molecule has 0 aromatic heterocycles. The summed E-state index contributed by atoms with van der Waals surface area (Å²) in [4.78, 5) is 5.17. The van der Waals surface area contributed by atoms with E-state index in [1.807, 2.05) is 0 Å². The monoisotopic (exact) mass is 258 g/mol. The minimum Gasteiger partial charge on any atom is -0.372 e. The van der Waals surface area contributed by atoms with Crippen molar-refractivity contribution in [3.63, 3.8) is 0 Å². The Morgan fingerprint density at radius 2 is 1.47 bits per heavy atom. The molecule has 0 N–H and O–H groups in total. The van der Waals surface area contributed by atoms with Gasteiger partial charge in [-0.05, 0) is 62.9 Å². The van der Waals surface area contributed by atoms with Gasteiger partial charge < -0.3 is 4.90 Å². The zero-order chi connectivity index (χ0) is 12.9. The molecular formula is C17H26N2.